The van der Waals surface area contributed by atoms with E-state index in [9.17, 15) is 4.79 Å². The lowest BCUT2D eigenvalue weighted by Gasteiger charge is -2.24. The van der Waals surface area contributed by atoms with Gasteiger partial charge in [0.2, 0.25) is 0 Å². The predicted molar refractivity (Wildman–Crippen MR) is 77.9 cm³/mol. The van der Waals surface area contributed by atoms with Crippen molar-refractivity contribution in [2.45, 2.75) is 24.4 Å². The number of aromatic nitrogens is 3. The minimum absolute atomic E-state index is 0.0161. The maximum atomic E-state index is 10.6. The van der Waals surface area contributed by atoms with Crippen LogP contribution in [0.25, 0.3) is 0 Å². The lowest BCUT2D eigenvalue weighted by atomic mass is 9.84. The van der Waals surface area contributed by atoms with Gasteiger partial charge in [0.1, 0.15) is 5.82 Å². The summed E-state index contributed by atoms with van der Waals surface area (Å²) in [6.45, 7) is 4.16. The zero-order valence-electron chi connectivity index (χ0n) is 11.7. The molecule has 0 fully saturated rings. The number of carboxylic acid groups (broad SMARTS) is 1. The standard InChI is InChI=1S/C14H17N3O2S/c1-14(2,10-7-5-4-6-8-10)12-15-16-13(17(12)3)20-9-11(18)19/h4-8H,9H2,1-3H3,(H,18,19). The molecule has 0 bridgehead atoms. The molecule has 0 aliphatic carbocycles. The normalized spacial score (nSPS) is 11.6. The summed E-state index contributed by atoms with van der Waals surface area (Å²) in [4.78, 5) is 10.6. The molecule has 0 spiro atoms. The number of hydrogen-bond donors (Lipinski definition) is 1. The monoisotopic (exact) mass is 291 g/mol. The van der Waals surface area contributed by atoms with Crippen molar-refractivity contribution in [2.24, 2.45) is 7.05 Å². The van der Waals surface area contributed by atoms with Crippen LogP contribution >= 0.6 is 11.8 Å². The molecule has 0 saturated carbocycles. The van der Waals surface area contributed by atoms with Crippen molar-refractivity contribution in [1.29, 1.82) is 0 Å². The summed E-state index contributed by atoms with van der Waals surface area (Å²) in [6, 6.07) is 10.1. The molecular formula is C14H17N3O2S. The van der Waals surface area contributed by atoms with Crippen LogP contribution in [0.2, 0.25) is 0 Å². The van der Waals surface area contributed by atoms with E-state index in [4.69, 9.17) is 5.11 Å². The van der Waals surface area contributed by atoms with Gasteiger partial charge in [0, 0.05) is 12.5 Å². The van der Waals surface area contributed by atoms with Gasteiger partial charge in [-0.1, -0.05) is 42.1 Å². The number of hydrogen-bond acceptors (Lipinski definition) is 4. The van der Waals surface area contributed by atoms with Crippen LogP contribution in [0.15, 0.2) is 35.5 Å². The first-order chi connectivity index (χ1) is 9.43. The first-order valence-corrected chi connectivity index (χ1v) is 7.21. The Morgan fingerprint density at radius 3 is 2.55 bits per heavy atom. The Kier molecular flexibility index (Phi) is 4.13. The van der Waals surface area contributed by atoms with Gasteiger partial charge >= 0.3 is 5.97 Å². The maximum Gasteiger partial charge on any atom is 0.313 e. The molecule has 1 heterocycles. The largest absolute Gasteiger partial charge is 0.481 e. The van der Waals surface area contributed by atoms with Gasteiger partial charge in [-0.25, -0.2) is 0 Å². The predicted octanol–water partition coefficient (Wildman–Crippen LogP) is 2.32. The highest BCUT2D eigenvalue weighted by Crippen LogP contribution is 2.31. The Hall–Kier alpha value is -1.82. The number of thioether (sulfide) groups is 1. The Bertz CT molecular complexity index is 608. The van der Waals surface area contributed by atoms with Crippen molar-refractivity contribution in [3.8, 4) is 0 Å². The number of benzene rings is 1. The van der Waals surface area contributed by atoms with Crippen LogP contribution in [0.4, 0.5) is 0 Å². The van der Waals surface area contributed by atoms with Crippen molar-refractivity contribution in [1.82, 2.24) is 14.8 Å². The summed E-state index contributed by atoms with van der Waals surface area (Å²) in [5, 5.41) is 17.7. The molecule has 0 unspecified atom stereocenters. The van der Waals surface area contributed by atoms with E-state index in [2.05, 4.69) is 36.2 Å². The Morgan fingerprint density at radius 2 is 1.95 bits per heavy atom. The van der Waals surface area contributed by atoms with Gasteiger partial charge in [0.05, 0.1) is 5.75 Å². The third kappa shape index (κ3) is 2.85. The van der Waals surface area contributed by atoms with Crippen molar-refractivity contribution >= 4 is 17.7 Å². The molecule has 1 N–H and O–H groups in total. The summed E-state index contributed by atoms with van der Waals surface area (Å²) >= 11 is 1.18. The van der Waals surface area contributed by atoms with E-state index in [-0.39, 0.29) is 11.2 Å². The van der Waals surface area contributed by atoms with E-state index in [1.54, 1.807) is 0 Å². The van der Waals surface area contributed by atoms with Crippen LogP contribution in [0.3, 0.4) is 0 Å². The van der Waals surface area contributed by atoms with Crippen LogP contribution < -0.4 is 0 Å². The van der Waals surface area contributed by atoms with E-state index < -0.39 is 5.97 Å². The highest BCUT2D eigenvalue weighted by molar-refractivity contribution is 7.99. The second kappa shape index (κ2) is 5.66. The van der Waals surface area contributed by atoms with Gasteiger partial charge in [0.15, 0.2) is 5.16 Å². The van der Waals surface area contributed by atoms with Crippen LogP contribution in [0.1, 0.15) is 25.2 Å². The van der Waals surface area contributed by atoms with Crippen LogP contribution in [0, 0.1) is 0 Å². The number of nitrogens with zero attached hydrogens (tertiary/aromatic N) is 3. The SMILES string of the molecule is Cn1c(SCC(=O)O)nnc1C(C)(C)c1ccccc1. The Balaban J connectivity index is 2.31. The summed E-state index contributed by atoms with van der Waals surface area (Å²) in [5.74, 6) is -0.0592. The zero-order valence-corrected chi connectivity index (χ0v) is 12.5. The molecule has 20 heavy (non-hydrogen) atoms. The molecule has 5 nitrogen and oxygen atoms in total. The molecule has 1 aromatic heterocycles. The van der Waals surface area contributed by atoms with E-state index in [1.807, 2.05) is 29.8 Å². The van der Waals surface area contributed by atoms with E-state index in [0.717, 1.165) is 11.4 Å². The van der Waals surface area contributed by atoms with Crippen LogP contribution in [-0.4, -0.2) is 31.6 Å². The van der Waals surface area contributed by atoms with Gasteiger partial charge in [0.25, 0.3) is 0 Å². The lowest BCUT2D eigenvalue weighted by molar-refractivity contribution is -0.133. The second-order valence-electron chi connectivity index (χ2n) is 5.04. The molecule has 0 atom stereocenters. The lowest BCUT2D eigenvalue weighted by Crippen LogP contribution is -2.23. The Labute approximate surface area is 122 Å². The average Bonchev–Trinajstić information content (AvgIpc) is 2.79. The van der Waals surface area contributed by atoms with Gasteiger partial charge in [-0.3, -0.25) is 4.79 Å². The summed E-state index contributed by atoms with van der Waals surface area (Å²) in [7, 11) is 1.87. The smallest absolute Gasteiger partial charge is 0.313 e. The number of carbonyl (C=O) groups is 1. The van der Waals surface area contributed by atoms with Crippen LogP contribution in [0.5, 0.6) is 0 Å². The molecule has 0 saturated heterocycles. The number of rotatable bonds is 5. The molecule has 0 aliphatic rings. The summed E-state index contributed by atoms with van der Waals surface area (Å²) in [5.41, 5.74) is 0.857. The van der Waals surface area contributed by atoms with E-state index >= 15 is 0 Å². The van der Waals surface area contributed by atoms with Crippen LogP contribution in [-0.2, 0) is 17.3 Å². The molecule has 106 valence electrons. The van der Waals surface area contributed by atoms with E-state index in [1.165, 1.54) is 11.8 Å². The molecule has 0 radical (unpaired) electrons. The fourth-order valence-electron chi connectivity index (χ4n) is 2.10. The average molecular weight is 291 g/mol. The van der Waals surface area contributed by atoms with Gasteiger partial charge in [-0.2, -0.15) is 0 Å². The fraction of sp³-hybridized carbons (Fsp3) is 0.357. The fourth-order valence-corrected chi connectivity index (χ4v) is 2.73. The van der Waals surface area contributed by atoms with Gasteiger partial charge < -0.3 is 9.67 Å². The topological polar surface area (TPSA) is 68.0 Å². The highest BCUT2D eigenvalue weighted by atomic mass is 32.2. The number of carboxylic acids is 1. The van der Waals surface area contributed by atoms with Crippen molar-refractivity contribution < 1.29 is 9.90 Å². The van der Waals surface area contributed by atoms with Crippen molar-refractivity contribution in [3.05, 3.63) is 41.7 Å². The maximum absolute atomic E-state index is 10.6. The first-order valence-electron chi connectivity index (χ1n) is 6.23. The molecule has 6 heteroatoms. The minimum atomic E-state index is -0.859. The first kappa shape index (κ1) is 14.6. The minimum Gasteiger partial charge on any atom is -0.481 e. The zero-order chi connectivity index (χ0) is 14.8. The third-order valence-corrected chi connectivity index (χ3v) is 4.22. The molecule has 0 amide bonds. The number of aliphatic carboxylic acids is 1. The summed E-state index contributed by atoms with van der Waals surface area (Å²) < 4.78 is 1.86. The molecule has 1 aromatic carbocycles. The quantitative estimate of drug-likeness (QED) is 0.856. The van der Waals surface area contributed by atoms with Crippen molar-refractivity contribution in [2.75, 3.05) is 5.75 Å². The van der Waals surface area contributed by atoms with E-state index in [0.29, 0.717) is 5.16 Å². The summed E-state index contributed by atoms with van der Waals surface area (Å²) in [6.07, 6.45) is 0. The third-order valence-electron chi connectivity index (χ3n) is 3.21. The second-order valence-corrected chi connectivity index (χ2v) is 5.98. The Morgan fingerprint density at radius 1 is 1.30 bits per heavy atom. The van der Waals surface area contributed by atoms with Crippen molar-refractivity contribution in [3.63, 3.8) is 0 Å². The highest BCUT2D eigenvalue weighted by Gasteiger charge is 2.29. The van der Waals surface area contributed by atoms with Gasteiger partial charge in [-0.05, 0) is 19.4 Å². The molecule has 0 aliphatic heterocycles. The van der Waals surface area contributed by atoms with Gasteiger partial charge in [-0.15, -0.1) is 10.2 Å². The molecule has 2 aromatic rings. The molecular weight excluding hydrogens is 274 g/mol. The molecule has 2 rings (SSSR count).